The van der Waals surface area contributed by atoms with Crippen LogP contribution in [-0.4, -0.2) is 11.7 Å². The van der Waals surface area contributed by atoms with Gasteiger partial charge in [-0.25, -0.2) is 0 Å². The highest BCUT2D eigenvalue weighted by molar-refractivity contribution is 5.57. The Bertz CT molecular complexity index is 394. The molecule has 0 radical (unpaired) electrons. The molecule has 1 unspecified atom stereocenters. The molecule has 0 amide bonds. The van der Waals surface area contributed by atoms with Gasteiger partial charge in [-0.05, 0) is 48.5 Å². The lowest BCUT2D eigenvalue weighted by Crippen LogP contribution is -2.08. The Hall–Kier alpha value is -1.08. The fourth-order valence-corrected chi connectivity index (χ4v) is 2.70. The van der Waals surface area contributed by atoms with E-state index in [4.69, 9.17) is 0 Å². The molecule has 2 aliphatic carbocycles. The lowest BCUT2D eigenvalue weighted by molar-refractivity contribution is 0.267. The fourth-order valence-electron chi connectivity index (χ4n) is 2.70. The molecule has 2 aliphatic rings. The van der Waals surface area contributed by atoms with Crippen molar-refractivity contribution in [3.63, 3.8) is 0 Å². The maximum absolute atomic E-state index is 9.56. The van der Waals surface area contributed by atoms with Gasteiger partial charge in [0.2, 0.25) is 0 Å². The van der Waals surface area contributed by atoms with Crippen molar-refractivity contribution < 1.29 is 5.11 Å². The van der Waals surface area contributed by atoms with E-state index < -0.39 is 0 Å². The summed E-state index contributed by atoms with van der Waals surface area (Å²) in [5.74, 6) is 0.217. The van der Waals surface area contributed by atoms with Gasteiger partial charge in [-0.1, -0.05) is 31.2 Å². The molecule has 0 fully saturated rings. The van der Waals surface area contributed by atoms with Gasteiger partial charge in [0.1, 0.15) is 0 Å². The van der Waals surface area contributed by atoms with E-state index in [2.05, 4.69) is 38.2 Å². The quantitative estimate of drug-likeness (QED) is 0.765. The van der Waals surface area contributed by atoms with Crippen molar-refractivity contribution >= 4 is 0 Å². The molecule has 0 spiro atoms. The predicted molar refractivity (Wildman–Crippen MR) is 68.1 cm³/mol. The van der Waals surface area contributed by atoms with E-state index in [0.29, 0.717) is 0 Å². The third-order valence-corrected chi connectivity index (χ3v) is 3.56. The Morgan fingerprint density at radius 1 is 1.50 bits per heavy atom. The van der Waals surface area contributed by atoms with Crippen LogP contribution in [0.15, 0.2) is 46.6 Å². The van der Waals surface area contributed by atoms with Crippen LogP contribution in [0.4, 0.5) is 0 Å². The minimum atomic E-state index is 0.217. The molecule has 1 atom stereocenters. The third kappa shape index (κ3) is 1.80. The average molecular weight is 216 g/mol. The van der Waals surface area contributed by atoms with E-state index >= 15 is 0 Å². The van der Waals surface area contributed by atoms with Crippen LogP contribution in [0.1, 0.15) is 33.1 Å². The molecule has 0 aromatic rings. The van der Waals surface area contributed by atoms with Crippen LogP contribution in [0, 0.1) is 5.92 Å². The minimum Gasteiger partial charge on any atom is -0.395 e. The lowest BCUT2D eigenvalue weighted by Gasteiger charge is -2.14. The fraction of sp³-hybridized carbons (Fsp3) is 0.467. The van der Waals surface area contributed by atoms with Gasteiger partial charge in [0.05, 0.1) is 6.61 Å². The zero-order valence-electron chi connectivity index (χ0n) is 10.2. The summed E-state index contributed by atoms with van der Waals surface area (Å²) < 4.78 is 0. The van der Waals surface area contributed by atoms with E-state index in [1.807, 2.05) is 0 Å². The zero-order chi connectivity index (χ0) is 11.5. The molecule has 0 aliphatic heterocycles. The molecule has 16 heavy (non-hydrogen) atoms. The van der Waals surface area contributed by atoms with Crippen molar-refractivity contribution in [2.45, 2.75) is 33.1 Å². The Kier molecular flexibility index (Phi) is 3.45. The second-order valence-corrected chi connectivity index (χ2v) is 4.50. The Morgan fingerprint density at radius 2 is 2.31 bits per heavy atom. The molecule has 86 valence electrons. The number of aliphatic hydroxyl groups is 1. The summed E-state index contributed by atoms with van der Waals surface area (Å²) in [5.41, 5.74) is 5.53. The smallest absolute Gasteiger partial charge is 0.0540 e. The highest BCUT2D eigenvalue weighted by Crippen LogP contribution is 2.42. The van der Waals surface area contributed by atoms with Crippen molar-refractivity contribution in [2.75, 3.05) is 6.61 Å². The highest BCUT2D eigenvalue weighted by atomic mass is 16.3. The molecular formula is C15H20O. The van der Waals surface area contributed by atoms with Crippen LogP contribution in [0.25, 0.3) is 0 Å². The number of aliphatic hydroxyl groups excluding tert-OH is 1. The van der Waals surface area contributed by atoms with Gasteiger partial charge in [0, 0.05) is 5.92 Å². The van der Waals surface area contributed by atoms with Crippen molar-refractivity contribution in [1.29, 1.82) is 0 Å². The van der Waals surface area contributed by atoms with Crippen molar-refractivity contribution in [3.05, 3.63) is 46.6 Å². The van der Waals surface area contributed by atoms with Gasteiger partial charge in [0.25, 0.3) is 0 Å². The first-order chi connectivity index (χ1) is 7.79. The maximum Gasteiger partial charge on any atom is 0.0540 e. The second-order valence-electron chi connectivity index (χ2n) is 4.50. The molecule has 0 saturated carbocycles. The van der Waals surface area contributed by atoms with Crippen LogP contribution < -0.4 is 0 Å². The molecule has 2 rings (SSSR count). The van der Waals surface area contributed by atoms with Gasteiger partial charge in [-0.2, -0.15) is 0 Å². The molecule has 1 heteroatoms. The van der Waals surface area contributed by atoms with Gasteiger partial charge < -0.3 is 5.11 Å². The molecule has 0 aromatic heterocycles. The van der Waals surface area contributed by atoms with Crippen LogP contribution in [-0.2, 0) is 0 Å². The summed E-state index contributed by atoms with van der Waals surface area (Å²) in [6, 6.07) is 0. The first-order valence-corrected chi connectivity index (χ1v) is 6.17. The van der Waals surface area contributed by atoms with Gasteiger partial charge >= 0.3 is 0 Å². The van der Waals surface area contributed by atoms with Crippen LogP contribution in [0.5, 0.6) is 0 Å². The number of hydrogen-bond acceptors (Lipinski definition) is 1. The van der Waals surface area contributed by atoms with Gasteiger partial charge in [0.15, 0.2) is 0 Å². The zero-order valence-corrected chi connectivity index (χ0v) is 10.2. The molecule has 1 nitrogen and oxygen atoms in total. The monoisotopic (exact) mass is 216 g/mol. The average Bonchev–Trinajstić information content (AvgIpc) is 2.60. The summed E-state index contributed by atoms with van der Waals surface area (Å²) in [4.78, 5) is 0. The summed E-state index contributed by atoms with van der Waals surface area (Å²) in [6.07, 6.45) is 12.1. The van der Waals surface area contributed by atoms with E-state index in [-0.39, 0.29) is 12.5 Å². The Labute approximate surface area is 97.9 Å². The second kappa shape index (κ2) is 4.84. The van der Waals surface area contributed by atoms with Crippen LogP contribution in [0.2, 0.25) is 0 Å². The van der Waals surface area contributed by atoms with Gasteiger partial charge in [-0.15, -0.1) is 0 Å². The summed E-state index contributed by atoms with van der Waals surface area (Å²) in [6.45, 7) is 4.56. The number of hydrogen-bond donors (Lipinski definition) is 1. The standard InChI is InChI=1S/C15H20O/c1-3-4-7-13-11(2)12-8-5-6-9-14(12)15(13)10-16/h4,6-7,9,15-16H,3,5,8,10H2,1-2H3. The molecule has 0 heterocycles. The van der Waals surface area contributed by atoms with E-state index in [0.717, 1.165) is 19.3 Å². The summed E-state index contributed by atoms with van der Waals surface area (Å²) >= 11 is 0. The predicted octanol–water partition coefficient (Wildman–Crippen LogP) is 3.54. The molecule has 1 N–H and O–H groups in total. The molecule has 0 bridgehead atoms. The Morgan fingerprint density at radius 3 is 3.00 bits per heavy atom. The third-order valence-electron chi connectivity index (χ3n) is 3.56. The van der Waals surface area contributed by atoms with E-state index in [9.17, 15) is 5.11 Å². The largest absolute Gasteiger partial charge is 0.395 e. The molecule has 0 aromatic carbocycles. The topological polar surface area (TPSA) is 20.2 Å². The number of allylic oxidation sites excluding steroid dienone is 6. The van der Waals surface area contributed by atoms with E-state index in [1.165, 1.54) is 22.3 Å². The van der Waals surface area contributed by atoms with Crippen molar-refractivity contribution in [3.8, 4) is 0 Å². The number of rotatable bonds is 3. The van der Waals surface area contributed by atoms with Crippen molar-refractivity contribution in [2.24, 2.45) is 5.92 Å². The van der Waals surface area contributed by atoms with Gasteiger partial charge in [-0.3, -0.25) is 0 Å². The normalized spacial score (nSPS) is 24.8. The van der Waals surface area contributed by atoms with Crippen LogP contribution in [0.3, 0.4) is 0 Å². The first-order valence-electron chi connectivity index (χ1n) is 6.17. The Balaban J connectivity index is 2.36. The molecular weight excluding hydrogens is 196 g/mol. The highest BCUT2D eigenvalue weighted by Gasteiger charge is 2.28. The van der Waals surface area contributed by atoms with E-state index in [1.54, 1.807) is 0 Å². The maximum atomic E-state index is 9.56. The SMILES string of the molecule is CCC=CC1=C(C)C2=C(C=CCC2)C1CO. The first kappa shape index (κ1) is 11.4. The summed E-state index contributed by atoms with van der Waals surface area (Å²) in [5, 5.41) is 9.56. The van der Waals surface area contributed by atoms with Crippen LogP contribution >= 0.6 is 0 Å². The minimum absolute atomic E-state index is 0.217. The molecule has 0 saturated heterocycles. The lowest BCUT2D eigenvalue weighted by atomic mass is 9.91. The van der Waals surface area contributed by atoms with Crippen molar-refractivity contribution in [1.82, 2.24) is 0 Å². The summed E-state index contributed by atoms with van der Waals surface area (Å²) in [7, 11) is 0.